The van der Waals surface area contributed by atoms with E-state index in [4.69, 9.17) is 9.97 Å². The zero-order valence-electron chi connectivity index (χ0n) is 29.0. The van der Waals surface area contributed by atoms with E-state index in [9.17, 15) is 0 Å². The van der Waals surface area contributed by atoms with Gasteiger partial charge >= 0.3 is 0 Å². The van der Waals surface area contributed by atoms with E-state index in [1.165, 1.54) is 22.3 Å². The van der Waals surface area contributed by atoms with Crippen LogP contribution in [0.1, 0.15) is 0 Å². The third kappa shape index (κ3) is 6.48. The molecule has 0 aliphatic rings. The highest BCUT2D eigenvalue weighted by atomic mass is 15.1. The topological polar surface area (TPSA) is 29.0 Å². The number of hydrogen-bond donors (Lipinski definition) is 0. The number of anilines is 3. The Bertz CT molecular complexity index is 2640. The Morgan fingerprint density at radius 1 is 0.283 bits per heavy atom. The fraction of sp³-hybridized carbons (Fsp3) is 0. The van der Waals surface area contributed by atoms with Gasteiger partial charge in [-0.1, -0.05) is 164 Å². The van der Waals surface area contributed by atoms with Crippen LogP contribution < -0.4 is 4.90 Å². The zero-order valence-corrected chi connectivity index (χ0v) is 29.0. The Kier molecular flexibility index (Phi) is 8.57. The number of hydrogen-bond acceptors (Lipinski definition) is 3. The van der Waals surface area contributed by atoms with Gasteiger partial charge in [-0.15, -0.1) is 0 Å². The molecule has 53 heavy (non-hydrogen) atoms. The zero-order chi connectivity index (χ0) is 35.4. The average Bonchev–Trinajstić information content (AvgIpc) is 3.25. The normalized spacial score (nSPS) is 11.0. The molecule has 9 aromatic rings. The highest BCUT2D eigenvalue weighted by molar-refractivity contribution is 5.91. The van der Waals surface area contributed by atoms with Crippen molar-refractivity contribution >= 4 is 28.1 Å². The second-order valence-corrected chi connectivity index (χ2v) is 13.0. The van der Waals surface area contributed by atoms with Crippen molar-refractivity contribution in [2.45, 2.75) is 0 Å². The number of fused-ring (bicyclic) bond motifs is 1. The van der Waals surface area contributed by atoms with Crippen LogP contribution in [0.2, 0.25) is 0 Å². The largest absolute Gasteiger partial charge is 0.310 e. The molecule has 0 unspecified atom stereocenters. The van der Waals surface area contributed by atoms with E-state index in [1.54, 1.807) is 0 Å². The maximum absolute atomic E-state index is 5.16. The lowest BCUT2D eigenvalue weighted by Crippen LogP contribution is -2.11. The van der Waals surface area contributed by atoms with Crippen molar-refractivity contribution in [1.29, 1.82) is 0 Å². The molecule has 0 aliphatic heterocycles. The molecule has 3 nitrogen and oxygen atoms in total. The molecule has 0 fully saturated rings. The van der Waals surface area contributed by atoms with Crippen molar-refractivity contribution in [1.82, 2.24) is 9.97 Å². The summed E-state index contributed by atoms with van der Waals surface area (Å²) in [6.45, 7) is 0. The van der Waals surface area contributed by atoms with Crippen molar-refractivity contribution in [2.75, 3.05) is 4.90 Å². The lowest BCUT2D eigenvalue weighted by atomic mass is 9.97. The summed E-state index contributed by atoms with van der Waals surface area (Å²) in [4.78, 5) is 12.6. The SMILES string of the molecule is c1ccc(-c2ccc(N(c3ccc(-c4nc5ccccc5nc4-c4ccccc4)cc3)c3ccccc3-c3cccc(-c4ccccc4)c3)cc2)cc1. The molecule has 0 amide bonds. The van der Waals surface area contributed by atoms with Crippen LogP contribution in [0.15, 0.2) is 212 Å². The van der Waals surface area contributed by atoms with E-state index in [1.807, 2.05) is 42.5 Å². The van der Waals surface area contributed by atoms with Crippen molar-refractivity contribution < 1.29 is 0 Å². The molecule has 3 heteroatoms. The van der Waals surface area contributed by atoms with Gasteiger partial charge in [0.25, 0.3) is 0 Å². The monoisotopic (exact) mass is 677 g/mol. The Hall–Kier alpha value is -7.10. The van der Waals surface area contributed by atoms with Crippen molar-refractivity contribution in [3.8, 4) is 55.9 Å². The summed E-state index contributed by atoms with van der Waals surface area (Å²) in [6, 6.07) is 74.6. The Balaban J connectivity index is 1.18. The summed E-state index contributed by atoms with van der Waals surface area (Å²) in [6.07, 6.45) is 0. The number of rotatable bonds is 8. The molecule has 8 aromatic carbocycles. The molecule has 1 heterocycles. The molecule has 250 valence electrons. The molecule has 0 spiro atoms. The maximum atomic E-state index is 5.16. The van der Waals surface area contributed by atoms with E-state index >= 15 is 0 Å². The second kappa shape index (κ2) is 14.3. The molecule has 0 saturated heterocycles. The van der Waals surface area contributed by atoms with Crippen LogP contribution in [0.3, 0.4) is 0 Å². The standard InChI is InChI=1S/C50H35N3/c1-4-15-36(16-5-1)38-27-31-43(32-28-38)53(48-26-13-10-23-45(48)42-22-14-21-41(35-42)37-17-6-2-7-18-37)44-33-29-40(30-34-44)50-49(39-19-8-3-9-20-39)51-46-24-11-12-25-47(46)52-50/h1-35H. The molecule has 0 N–H and O–H groups in total. The molecular weight excluding hydrogens is 643 g/mol. The van der Waals surface area contributed by atoms with Gasteiger partial charge in [-0.2, -0.15) is 0 Å². The van der Waals surface area contributed by atoms with Gasteiger partial charge in [0.05, 0.1) is 28.1 Å². The molecule has 0 radical (unpaired) electrons. The van der Waals surface area contributed by atoms with Crippen LogP contribution >= 0.6 is 0 Å². The fourth-order valence-corrected chi connectivity index (χ4v) is 7.04. The number of benzene rings is 8. The first-order valence-corrected chi connectivity index (χ1v) is 17.9. The third-order valence-corrected chi connectivity index (χ3v) is 9.67. The van der Waals surface area contributed by atoms with Gasteiger partial charge in [0.15, 0.2) is 0 Å². The van der Waals surface area contributed by atoms with E-state index in [0.29, 0.717) is 0 Å². The number of aromatic nitrogens is 2. The Morgan fingerprint density at radius 2 is 0.679 bits per heavy atom. The van der Waals surface area contributed by atoms with Crippen LogP contribution in [0.5, 0.6) is 0 Å². The molecule has 1 aromatic heterocycles. The summed E-state index contributed by atoms with van der Waals surface area (Å²) in [5, 5.41) is 0. The average molecular weight is 678 g/mol. The minimum absolute atomic E-state index is 0.860. The van der Waals surface area contributed by atoms with Crippen LogP contribution in [-0.2, 0) is 0 Å². The van der Waals surface area contributed by atoms with Crippen molar-refractivity contribution in [2.24, 2.45) is 0 Å². The second-order valence-electron chi connectivity index (χ2n) is 13.0. The minimum Gasteiger partial charge on any atom is -0.310 e. The fourth-order valence-electron chi connectivity index (χ4n) is 7.04. The highest BCUT2D eigenvalue weighted by Gasteiger charge is 2.19. The minimum atomic E-state index is 0.860. The predicted molar refractivity (Wildman–Crippen MR) is 221 cm³/mol. The predicted octanol–water partition coefficient (Wildman–Crippen LogP) is 13.4. The van der Waals surface area contributed by atoms with E-state index in [2.05, 4.69) is 175 Å². The van der Waals surface area contributed by atoms with Gasteiger partial charge in [0, 0.05) is 28.1 Å². The third-order valence-electron chi connectivity index (χ3n) is 9.67. The molecule has 0 aliphatic carbocycles. The van der Waals surface area contributed by atoms with Gasteiger partial charge in [-0.05, 0) is 76.3 Å². The van der Waals surface area contributed by atoms with Crippen LogP contribution in [0.25, 0.3) is 66.9 Å². The molecule has 0 saturated carbocycles. The summed E-state index contributed by atoms with van der Waals surface area (Å²) in [7, 11) is 0. The lowest BCUT2D eigenvalue weighted by molar-refractivity contribution is 1.27. The Morgan fingerprint density at radius 3 is 1.26 bits per heavy atom. The van der Waals surface area contributed by atoms with Crippen LogP contribution in [-0.4, -0.2) is 9.97 Å². The summed E-state index contributed by atoms with van der Waals surface area (Å²) >= 11 is 0. The molecule has 9 rings (SSSR count). The first-order valence-electron chi connectivity index (χ1n) is 17.9. The molecular formula is C50H35N3. The van der Waals surface area contributed by atoms with Crippen molar-refractivity contribution in [3.05, 3.63) is 212 Å². The number of nitrogens with zero attached hydrogens (tertiary/aromatic N) is 3. The summed E-state index contributed by atoms with van der Waals surface area (Å²) < 4.78 is 0. The highest BCUT2D eigenvalue weighted by Crippen LogP contribution is 2.43. The first kappa shape index (κ1) is 31.9. The van der Waals surface area contributed by atoms with Gasteiger partial charge in [-0.3, -0.25) is 0 Å². The van der Waals surface area contributed by atoms with Crippen molar-refractivity contribution in [3.63, 3.8) is 0 Å². The smallest absolute Gasteiger partial charge is 0.0973 e. The van der Waals surface area contributed by atoms with E-state index in [0.717, 1.165) is 61.7 Å². The van der Waals surface area contributed by atoms with E-state index in [-0.39, 0.29) is 0 Å². The van der Waals surface area contributed by atoms with Gasteiger partial charge in [0.1, 0.15) is 0 Å². The first-order chi connectivity index (χ1) is 26.3. The summed E-state index contributed by atoms with van der Waals surface area (Å²) in [5.41, 5.74) is 15.8. The lowest BCUT2D eigenvalue weighted by Gasteiger charge is -2.28. The van der Waals surface area contributed by atoms with Gasteiger partial charge in [-0.25, -0.2) is 9.97 Å². The van der Waals surface area contributed by atoms with Crippen LogP contribution in [0, 0.1) is 0 Å². The number of para-hydroxylation sites is 3. The molecule has 0 bridgehead atoms. The maximum Gasteiger partial charge on any atom is 0.0973 e. The van der Waals surface area contributed by atoms with Gasteiger partial charge < -0.3 is 4.90 Å². The van der Waals surface area contributed by atoms with E-state index < -0.39 is 0 Å². The van der Waals surface area contributed by atoms with Gasteiger partial charge in [0.2, 0.25) is 0 Å². The quantitative estimate of drug-likeness (QED) is 0.160. The van der Waals surface area contributed by atoms with Crippen LogP contribution in [0.4, 0.5) is 17.1 Å². The Labute approximate surface area is 310 Å². The summed E-state index contributed by atoms with van der Waals surface area (Å²) in [5.74, 6) is 0. The molecule has 0 atom stereocenters.